The normalized spacial score (nSPS) is 10.4. The van der Waals surface area contributed by atoms with Gasteiger partial charge in [0, 0.05) is 24.0 Å². The molecule has 0 saturated heterocycles. The lowest BCUT2D eigenvalue weighted by molar-refractivity contribution is 0.0925. The number of hydrogen-bond donors (Lipinski definition) is 2. The number of carbonyl (C=O) groups is 1. The van der Waals surface area contributed by atoms with Crippen LogP contribution in [-0.4, -0.2) is 25.5 Å². The summed E-state index contributed by atoms with van der Waals surface area (Å²) in [6.07, 6.45) is 1.07. The minimum atomic E-state index is -0.217. The number of halogens is 1. The molecule has 3 rings (SSSR count). The number of hydrogen-bond acceptors (Lipinski definition) is 4. The second kappa shape index (κ2) is 10.6. The fourth-order valence-electron chi connectivity index (χ4n) is 2.74. The number of para-hydroxylation sites is 2. The summed E-state index contributed by atoms with van der Waals surface area (Å²) in [5, 5.41) is 7.07. The van der Waals surface area contributed by atoms with E-state index in [1.807, 2.05) is 54.6 Å². The van der Waals surface area contributed by atoms with Crippen LogP contribution in [0.15, 0.2) is 59.0 Å². The van der Waals surface area contributed by atoms with E-state index < -0.39 is 0 Å². The maximum Gasteiger partial charge on any atom is 0.287 e. The van der Waals surface area contributed by atoms with Gasteiger partial charge in [-0.05, 0) is 31.2 Å². The Kier molecular flexibility index (Phi) is 8.17. The van der Waals surface area contributed by atoms with Crippen molar-refractivity contribution >= 4 is 29.3 Å². The van der Waals surface area contributed by atoms with Crippen molar-refractivity contribution < 1.29 is 13.9 Å². The summed E-state index contributed by atoms with van der Waals surface area (Å²) in [6, 6.07) is 17.2. The first-order valence-electron chi connectivity index (χ1n) is 8.96. The van der Waals surface area contributed by atoms with Crippen LogP contribution >= 0.6 is 12.4 Å². The lowest BCUT2D eigenvalue weighted by Crippen LogP contribution is -2.32. The van der Waals surface area contributed by atoms with Gasteiger partial charge in [-0.25, -0.2) is 0 Å². The second-order valence-corrected chi connectivity index (χ2v) is 6.01. The molecule has 0 aliphatic rings. The van der Waals surface area contributed by atoms with Crippen molar-refractivity contribution in [3.05, 3.63) is 65.9 Å². The Hall–Kier alpha value is -2.50. The highest BCUT2D eigenvalue weighted by Crippen LogP contribution is 2.27. The van der Waals surface area contributed by atoms with Crippen LogP contribution in [0.3, 0.4) is 0 Å². The molecule has 5 nitrogen and oxygen atoms in total. The van der Waals surface area contributed by atoms with Gasteiger partial charge in [-0.1, -0.05) is 43.3 Å². The van der Waals surface area contributed by atoms with Crippen LogP contribution in [0.25, 0.3) is 11.0 Å². The zero-order valence-corrected chi connectivity index (χ0v) is 16.2. The van der Waals surface area contributed by atoms with Gasteiger partial charge >= 0.3 is 0 Å². The van der Waals surface area contributed by atoms with Crippen LogP contribution in [0, 0.1) is 0 Å². The molecule has 1 amide bonds. The first kappa shape index (κ1) is 20.8. The number of nitrogens with one attached hydrogen (secondary N) is 2. The van der Waals surface area contributed by atoms with Crippen LogP contribution in [-0.2, 0) is 6.61 Å². The minimum absolute atomic E-state index is 0. The zero-order valence-electron chi connectivity index (χ0n) is 15.4. The van der Waals surface area contributed by atoms with E-state index in [0.717, 1.165) is 36.2 Å². The Morgan fingerprint density at radius 2 is 1.74 bits per heavy atom. The molecule has 0 atom stereocenters. The average Bonchev–Trinajstić information content (AvgIpc) is 3.05. The highest BCUT2D eigenvalue weighted by atomic mass is 35.5. The van der Waals surface area contributed by atoms with Crippen molar-refractivity contribution in [1.29, 1.82) is 0 Å². The number of rotatable bonds is 9. The molecule has 1 aromatic heterocycles. The Bertz CT molecular complexity index is 849. The number of amides is 1. The van der Waals surface area contributed by atoms with Crippen LogP contribution in [0.5, 0.6) is 5.75 Å². The standard InChI is InChI=1S/C21H24N2O3.ClH/c1-2-12-22-13-14-23-21(24)20-18(15-25-16-8-4-3-5-9-16)17-10-6-7-11-19(17)26-20;/h3-11,22H,2,12-15H2,1H3,(H,23,24);1H. The van der Waals surface area contributed by atoms with E-state index in [4.69, 9.17) is 9.15 Å². The van der Waals surface area contributed by atoms with Crippen molar-refractivity contribution in [3.63, 3.8) is 0 Å². The molecule has 27 heavy (non-hydrogen) atoms. The summed E-state index contributed by atoms with van der Waals surface area (Å²) in [7, 11) is 0. The molecule has 0 bridgehead atoms. The number of fused-ring (bicyclic) bond motifs is 1. The highest BCUT2D eigenvalue weighted by molar-refractivity contribution is 5.99. The van der Waals surface area contributed by atoms with E-state index in [1.165, 1.54) is 0 Å². The molecule has 0 radical (unpaired) electrons. The van der Waals surface area contributed by atoms with E-state index in [2.05, 4.69) is 17.6 Å². The van der Waals surface area contributed by atoms with Gasteiger partial charge in [0.1, 0.15) is 17.9 Å². The lowest BCUT2D eigenvalue weighted by Gasteiger charge is -2.08. The largest absolute Gasteiger partial charge is 0.489 e. The summed E-state index contributed by atoms with van der Waals surface area (Å²) in [5.74, 6) is 0.858. The zero-order chi connectivity index (χ0) is 18.2. The topological polar surface area (TPSA) is 63.5 Å². The van der Waals surface area contributed by atoms with Gasteiger partial charge in [-0.2, -0.15) is 0 Å². The van der Waals surface area contributed by atoms with E-state index in [9.17, 15) is 4.79 Å². The highest BCUT2D eigenvalue weighted by Gasteiger charge is 2.20. The second-order valence-electron chi connectivity index (χ2n) is 6.01. The molecule has 0 fully saturated rings. The molecular weight excluding hydrogens is 364 g/mol. The number of ether oxygens (including phenoxy) is 1. The van der Waals surface area contributed by atoms with Crippen molar-refractivity contribution in [2.75, 3.05) is 19.6 Å². The third-order valence-corrected chi connectivity index (χ3v) is 4.05. The summed E-state index contributed by atoms with van der Waals surface area (Å²) < 4.78 is 11.7. The molecule has 0 aliphatic carbocycles. The fourth-order valence-corrected chi connectivity index (χ4v) is 2.74. The van der Waals surface area contributed by atoms with Crippen LogP contribution < -0.4 is 15.4 Å². The number of carbonyl (C=O) groups excluding carboxylic acids is 1. The number of benzene rings is 2. The van der Waals surface area contributed by atoms with E-state index in [0.29, 0.717) is 17.9 Å². The first-order valence-corrected chi connectivity index (χ1v) is 8.96. The van der Waals surface area contributed by atoms with E-state index in [1.54, 1.807) is 0 Å². The molecule has 0 spiro atoms. The minimum Gasteiger partial charge on any atom is -0.489 e. The quantitative estimate of drug-likeness (QED) is 0.540. The third kappa shape index (κ3) is 5.49. The van der Waals surface area contributed by atoms with E-state index in [-0.39, 0.29) is 24.9 Å². The Labute approximate surface area is 165 Å². The fraction of sp³-hybridized carbons (Fsp3) is 0.286. The predicted octanol–water partition coefficient (Wildman–Crippen LogP) is 4.16. The molecule has 144 valence electrons. The van der Waals surface area contributed by atoms with Gasteiger partial charge in [-0.3, -0.25) is 4.79 Å². The summed E-state index contributed by atoms with van der Waals surface area (Å²) in [5.41, 5.74) is 1.46. The van der Waals surface area contributed by atoms with E-state index >= 15 is 0 Å². The Morgan fingerprint density at radius 1 is 1.00 bits per heavy atom. The van der Waals surface area contributed by atoms with Crippen molar-refractivity contribution in [2.45, 2.75) is 20.0 Å². The van der Waals surface area contributed by atoms with Crippen molar-refractivity contribution in [2.24, 2.45) is 0 Å². The van der Waals surface area contributed by atoms with Gasteiger partial charge in [0.15, 0.2) is 5.76 Å². The first-order chi connectivity index (χ1) is 12.8. The maximum absolute atomic E-state index is 12.6. The monoisotopic (exact) mass is 388 g/mol. The number of furan rings is 1. The third-order valence-electron chi connectivity index (χ3n) is 4.05. The Balaban J connectivity index is 0.00000261. The Morgan fingerprint density at radius 3 is 2.52 bits per heavy atom. The summed E-state index contributed by atoms with van der Waals surface area (Å²) >= 11 is 0. The van der Waals surface area contributed by atoms with Gasteiger partial charge in [0.05, 0.1) is 0 Å². The molecule has 1 heterocycles. The maximum atomic E-state index is 12.6. The molecule has 2 N–H and O–H groups in total. The molecule has 0 saturated carbocycles. The molecule has 6 heteroatoms. The van der Waals surface area contributed by atoms with Gasteiger partial charge < -0.3 is 19.8 Å². The van der Waals surface area contributed by atoms with Gasteiger partial charge in [0.25, 0.3) is 5.91 Å². The molecule has 0 unspecified atom stereocenters. The summed E-state index contributed by atoms with van der Waals surface area (Å²) in [4.78, 5) is 12.6. The van der Waals surface area contributed by atoms with Crippen LogP contribution in [0.4, 0.5) is 0 Å². The molecule has 2 aromatic carbocycles. The smallest absolute Gasteiger partial charge is 0.287 e. The average molecular weight is 389 g/mol. The van der Waals surface area contributed by atoms with Crippen LogP contribution in [0.1, 0.15) is 29.5 Å². The van der Waals surface area contributed by atoms with Gasteiger partial charge in [-0.15, -0.1) is 12.4 Å². The van der Waals surface area contributed by atoms with Crippen LogP contribution in [0.2, 0.25) is 0 Å². The summed E-state index contributed by atoms with van der Waals surface area (Å²) in [6.45, 7) is 4.61. The van der Waals surface area contributed by atoms with Crippen molar-refractivity contribution in [3.8, 4) is 5.75 Å². The van der Waals surface area contributed by atoms with Gasteiger partial charge in [0.2, 0.25) is 0 Å². The van der Waals surface area contributed by atoms with Crippen molar-refractivity contribution in [1.82, 2.24) is 10.6 Å². The SMILES string of the molecule is CCCNCCNC(=O)c1oc2ccccc2c1COc1ccccc1.Cl. The molecular formula is C21H25ClN2O3. The molecule has 3 aromatic rings. The lowest BCUT2D eigenvalue weighted by atomic mass is 10.1. The molecule has 0 aliphatic heterocycles. The predicted molar refractivity (Wildman–Crippen MR) is 110 cm³/mol.